The normalized spacial score (nSPS) is 8.09. The highest BCUT2D eigenvalue weighted by atomic mass is 127. The van der Waals surface area contributed by atoms with Crippen LogP contribution in [0, 0.1) is 0 Å². The van der Waals surface area contributed by atoms with Gasteiger partial charge in [0.05, 0.1) is 0 Å². The molecule has 0 radical (unpaired) electrons. The van der Waals surface area contributed by atoms with E-state index < -0.39 is 12.1 Å². The zero-order valence-electron chi connectivity index (χ0n) is 5.50. The van der Waals surface area contributed by atoms with Crippen LogP contribution in [0.5, 0.6) is 0 Å². The Morgan fingerprint density at radius 3 is 2.73 bits per heavy atom. The van der Waals surface area contributed by atoms with Gasteiger partial charge in [0.1, 0.15) is 0 Å². The van der Waals surface area contributed by atoms with Crippen molar-refractivity contribution in [2.24, 2.45) is 0 Å². The summed E-state index contributed by atoms with van der Waals surface area (Å²) < 4.78 is 8.56. The lowest BCUT2D eigenvalue weighted by Crippen LogP contribution is -2.25. The predicted molar refractivity (Wildman–Crippen MR) is 44.8 cm³/mol. The molecule has 0 aliphatic heterocycles. The molecule has 0 rings (SSSR count). The van der Waals surface area contributed by atoms with Crippen LogP contribution in [-0.2, 0) is 12.6 Å². The van der Waals surface area contributed by atoms with E-state index >= 15 is 0 Å². The number of rotatable bonds is 3. The molecule has 0 atom stereocenters. The molecule has 5 nitrogen and oxygen atoms in total. The first-order chi connectivity index (χ1) is 5.20. The Labute approximate surface area is 77.4 Å². The molecule has 0 aliphatic carbocycles. The summed E-state index contributed by atoms with van der Waals surface area (Å²) in [6, 6.07) is 0. The molecule has 0 heterocycles. The second kappa shape index (κ2) is 5.96. The van der Waals surface area contributed by atoms with Crippen LogP contribution < -0.4 is 5.32 Å². The van der Waals surface area contributed by atoms with Crippen molar-refractivity contribution in [3.05, 3.63) is 12.7 Å². The number of carbonyl (C=O) groups excluding carboxylic acids is 2. The van der Waals surface area contributed by atoms with E-state index in [9.17, 15) is 9.59 Å². The minimum absolute atomic E-state index is 0.216. The molecule has 0 aromatic carbocycles. The molecule has 6 heteroatoms. The van der Waals surface area contributed by atoms with Gasteiger partial charge in [-0.25, -0.2) is 9.59 Å². The highest BCUT2D eigenvalue weighted by Crippen LogP contribution is 1.85. The molecular weight excluding hydrogens is 265 g/mol. The van der Waals surface area contributed by atoms with Crippen molar-refractivity contribution >= 4 is 35.1 Å². The Morgan fingerprint density at radius 1 is 1.64 bits per heavy atom. The summed E-state index contributed by atoms with van der Waals surface area (Å²) in [4.78, 5) is 20.7. The predicted octanol–water partition coefficient (Wildman–Crippen LogP) is 0.749. The van der Waals surface area contributed by atoms with Crippen LogP contribution in [0.4, 0.5) is 4.79 Å². The van der Waals surface area contributed by atoms with E-state index in [1.807, 2.05) is 0 Å². The Hall–Kier alpha value is -0.790. The largest absolute Gasteiger partial charge is 0.441 e. The fourth-order valence-electron chi connectivity index (χ4n) is 0.252. The zero-order chi connectivity index (χ0) is 8.69. The van der Waals surface area contributed by atoms with E-state index in [0.29, 0.717) is 0 Å². The number of carbonyl (C=O) groups is 2. The first-order valence-corrected chi connectivity index (χ1v) is 3.44. The van der Waals surface area contributed by atoms with Crippen LogP contribution in [0.3, 0.4) is 0 Å². The van der Waals surface area contributed by atoms with Crippen LogP contribution in [0.15, 0.2) is 12.7 Å². The van der Waals surface area contributed by atoms with Crippen LogP contribution in [-0.4, -0.2) is 18.8 Å². The topological polar surface area (TPSA) is 64.6 Å². The van der Waals surface area contributed by atoms with Gasteiger partial charge in [0.25, 0.3) is 0 Å². The lowest BCUT2D eigenvalue weighted by Gasteiger charge is -2.01. The van der Waals surface area contributed by atoms with E-state index in [1.54, 1.807) is 0 Å². The van der Waals surface area contributed by atoms with E-state index in [1.165, 1.54) is 23.0 Å². The van der Waals surface area contributed by atoms with Gasteiger partial charge >= 0.3 is 12.1 Å². The van der Waals surface area contributed by atoms with Gasteiger partial charge < -0.3 is 7.80 Å². The fourth-order valence-corrected chi connectivity index (χ4v) is 0.408. The molecule has 11 heavy (non-hydrogen) atoms. The van der Waals surface area contributed by atoms with Crippen molar-refractivity contribution < 1.29 is 17.4 Å². The summed E-state index contributed by atoms with van der Waals surface area (Å²) in [6.07, 6.45) is 0.333. The SMILES string of the molecule is C=CC(=O)OCNC(=O)OI. The number of ether oxygens (including phenoxy) is 1. The molecule has 0 saturated heterocycles. The van der Waals surface area contributed by atoms with Gasteiger partial charge in [-0.05, 0) is 0 Å². The minimum Gasteiger partial charge on any atom is -0.441 e. The quantitative estimate of drug-likeness (QED) is 0.356. The molecule has 0 spiro atoms. The van der Waals surface area contributed by atoms with Crippen LogP contribution in [0.25, 0.3) is 0 Å². The molecule has 0 aromatic heterocycles. The maximum atomic E-state index is 10.3. The average molecular weight is 271 g/mol. The molecule has 0 bridgehead atoms. The standard InChI is InChI=1S/C5H6INO4/c1-2-4(8)10-3-7-5(9)11-6/h2H,1,3H2,(H,7,9). The molecule has 0 unspecified atom stereocenters. The zero-order valence-corrected chi connectivity index (χ0v) is 7.66. The minimum atomic E-state index is -0.664. The van der Waals surface area contributed by atoms with Crippen molar-refractivity contribution in [2.45, 2.75) is 0 Å². The summed E-state index contributed by atoms with van der Waals surface area (Å²) in [5, 5.41) is 2.14. The number of amides is 1. The molecular formula is C5H6INO4. The second-order valence-corrected chi connectivity index (χ2v) is 1.79. The van der Waals surface area contributed by atoms with E-state index in [-0.39, 0.29) is 6.73 Å². The van der Waals surface area contributed by atoms with Crippen molar-refractivity contribution in [2.75, 3.05) is 6.73 Å². The third kappa shape index (κ3) is 5.64. The van der Waals surface area contributed by atoms with Gasteiger partial charge in [-0.15, -0.1) is 0 Å². The summed E-state index contributed by atoms with van der Waals surface area (Å²) >= 11 is 1.41. The lowest BCUT2D eigenvalue weighted by atomic mass is 10.7. The van der Waals surface area contributed by atoms with Gasteiger partial charge in [-0.2, -0.15) is 0 Å². The third-order valence-electron chi connectivity index (χ3n) is 0.668. The molecule has 1 N–H and O–H groups in total. The first-order valence-electron chi connectivity index (χ1n) is 2.56. The van der Waals surface area contributed by atoms with E-state index in [0.717, 1.165) is 6.08 Å². The number of halogens is 1. The molecule has 62 valence electrons. The molecule has 0 aromatic rings. The molecule has 1 amide bonds. The first kappa shape index (κ1) is 10.2. The van der Waals surface area contributed by atoms with Crippen LogP contribution >= 0.6 is 23.0 Å². The van der Waals surface area contributed by atoms with Crippen molar-refractivity contribution in [1.82, 2.24) is 5.32 Å². The highest BCUT2D eigenvalue weighted by molar-refractivity contribution is 14.1. The van der Waals surface area contributed by atoms with Gasteiger partial charge in [0.2, 0.25) is 0 Å². The summed E-state index contributed by atoms with van der Waals surface area (Å²) in [5.41, 5.74) is 0. The van der Waals surface area contributed by atoms with E-state index in [4.69, 9.17) is 0 Å². The van der Waals surface area contributed by atoms with Crippen molar-refractivity contribution in [3.63, 3.8) is 0 Å². The summed E-state index contributed by atoms with van der Waals surface area (Å²) in [5.74, 6) is -0.598. The number of esters is 1. The van der Waals surface area contributed by atoms with Crippen LogP contribution in [0.1, 0.15) is 0 Å². The lowest BCUT2D eigenvalue weighted by molar-refractivity contribution is -0.138. The number of hydrogen-bond donors (Lipinski definition) is 1. The van der Waals surface area contributed by atoms with Gasteiger partial charge in [-0.3, -0.25) is 5.32 Å². The maximum absolute atomic E-state index is 10.3. The Balaban J connectivity index is 3.34. The van der Waals surface area contributed by atoms with Crippen molar-refractivity contribution in [1.29, 1.82) is 0 Å². The highest BCUT2D eigenvalue weighted by Gasteiger charge is 1.99. The second-order valence-electron chi connectivity index (χ2n) is 1.35. The Kier molecular flexibility index (Phi) is 5.53. The molecule has 0 aliphatic rings. The van der Waals surface area contributed by atoms with Gasteiger partial charge in [0.15, 0.2) is 29.7 Å². The van der Waals surface area contributed by atoms with Gasteiger partial charge in [0, 0.05) is 6.08 Å². The smallest absolute Gasteiger partial charge is 0.419 e. The third-order valence-corrected chi connectivity index (χ3v) is 1.07. The summed E-state index contributed by atoms with van der Waals surface area (Å²) in [6.45, 7) is 2.94. The molecule has 0 fully saturated rings. The maximum Gasteiger partial charge on any atom is 0.419 e. The monoisotopic (exact) mass is 271 g/mol. The van der Waals surface area contributed by atoms with Crippen molar-refractivity contribution in [3.8, 4) is 0 Å². The average Bonchev–Trinajstić information content (AvgIpc) is 2.04. The fraction of sp³-hybridized carbons (Fsp3) is 0.200. The Morgan fingerprint density at radius 2 is 2.27 bits per heavy atom. The van der Waals surface area contributed by atoms with Gasteiger partial charge in [-0.1, -0.05) is 6.58 Å². The number of hydrogen-bond acceptors (Lipinski definition) is 4. The van der Waals surface area contributed by atoms with E-state index in [2.05, 4.69) is 19.7 Å². The summed E-state index contributed by atoms with van der Waals surface area (Å²) in [7, 11) is 0. The van der Waals surface area contributed by atoms with Crippen LogP contribution in [0.2, 0.25) is 0 Å². The number of nitrogens with one attached hydrogen (secondary N) is 1. The Bertz CT molecular complexity index is 170. The molecule has 0 saturated carbocycles.